The van der Waals surface area contributed by atoms with Crippen LogP contribution in [-0.4, -0.2) is 81.3 Å². The molecule has 8 aromatic heterocycles. The predicted octanol–water partition coefficient (Wildman–Crippen LogP) is 19.5. The number of ether oxygens (including phenoxy) is 2. The molecule has 0 saturated carbocycles. The summed E-state index contributed by atoms with van der Waals surface area (Å²) in [4.78, 5) is 53.0. The molecule has 32 heteroatoms. The van der Waals surface area contributed by atoms with E-state index in [0.717, 1.165) is 71.9 Å². The van der Waals surface area contributed by atoms with Crippen molar-refractivity contribution in [2.75, 3.05) is 14.2 Å². The molecular weight excluding hydrogens is 2320 g/mol. The van der Waals surface area contributed by atoms with E-state index >= 15 is 0 Å². The Morgan fingerprint density at radius 1 is 0.423 bits per heavy atom. The fourth-order valence-corrected chi connectivity index (χ4v) is 9.20. The monoisotopic (exact) mass is 2400 g/mol. The van der Waals surface area contributed by atoms with Crippen LogP contribution in [0.3, 0.4) is 0 Å². The Morgan fingerprint density at radius 3 is 1.24 bits per heavy atom. The number of benzene rings is 7. The molecule has 17 nitrogen and oxygen atoms in total. The van der Waals surface area contributed by atoms with Crippen LogP contribution in [0.15, 0.2) is 262 Å². The molecule has 8 heterocycles. The van der Waals surface area contributed by atoms with Gasteiger partial charge in [0.1, 0.15) is 34.4 Å². The maximum Gasteiger partial charge on any atom is 0.354 e. The minimum Gasteiger partial charge on any atom is -0.497 e. The number of Topliss-reactive ketones (excluding diaryl/α,β-unsaturated/α-hetero) is 2. The third kappa shape index (κ3) is 35.3. The number of aromatic carboxylic acids is 1. The van der Waals surface area contributed by atoms with Gasteiger partial charge in [-0.1, -0.05) is 106 Å². The molecule has 0 spiro atoms. The molecule has 0 atom stereocenters. The Morgan fingerprint density at radius 2 is 0.862 bits per heavy atom. The van der Waals surface area contributed by atoms with E-state index in [0.29, 0.717) is 34.1 Å². The third-order valence-electron chi connectivity index (χ3n) is 15.4. The maximum absolute atomic E-state index is 13.4. The van der Waals surface area contributed by atoms with Gasteiger partial charge in [-0.15, -0.1) is 127 Å². The van der Waals surface area contributed by atoms with Gasteiger partial charge in [-0.3, -0.25) is 71.9 Å². The Bertz CT molecular complexity index is 5380. The number of nitrogens with zero attached hydrogens (tertiary/aromatic N) is 11. The van der Waals surface area contributed by atoms with Gasteiger partial charge in [0.15, 0.2) is 6.20 Å². The van der Waals surface area contributed by atoms with Crippen LogP contribution in [-0.2, 0) is 90.0 Å². The van der Waals surface area contributed by atoms with Gasteiger partial charge in [0.2, 0.25) is 0 Å². The number of ketones is 2. The standard InChI is InChI=1S/2C12H8F2NO.C12H10N.C11H7FN.C11H20O2.3C9H5F2N2.C6H5NO2.4Ir/c2*1-16-9-4-5-15-12(7-9)10-3-2-8(13)6-11(10)14;1-10-7-8-13-12(9-10)11-5-3-2-4-6-11;12-10-6-2-1-5-9(10)11-7-3-4-8-13-11;1-10(2,3)8(12)7-9(13)11(4,5)6;3*10-7-2-3-9(8(11)6-7)13-5-1-4-12-13;8-6(9)5-3-1-2-4-7-5;;;;/h2*2,4-7H,1H3;2-5,7-9H,1H3;1-4,6-8H;7H2,1-6H3;3*1-2,4-6H;1-4H,(H,8,9);;;;/q4*-1;;3*-1;;;;;. The molecule has 648 valence electrons. The van der Waals surface area contributed by atoms with Crippen LogP contribution in [0.1, 0.15) is 64.0 Å². The second-order valence-electron chi connectivity index (χ2n) is 26.3. The first kappa shape index (κ1) is 105. The summed E-state index contributed by atoms with van der Waals surface area (Å²) < 4.78 is 156. The molecule has 0 aliphatic rings. The first-order valence-corrected chi connectivity index (χ1v) is 35.3. The molecule has 7 aromatic carbocycles. The van der Waals surface area contributed by atoms with Crippen molar-refractivity contribution in [3.63, 3.8) is 0 Å². The van der Waals surface area contributed by atoms with Crippen LogP contribution in [0.5, 0.6) is 11.5 Å². The summed E-state index contributed by atoms with van der Waals surface area (Å²) in [6.45, 7) is 13.1. The minimum atomic E-state index is -0.990. The van der Waals surface area contributed by atoms with E-state index in [1.54, 1.807) is 104 Å². The van der Waals surface area contributed by atoms with Gasteiger partial charge < -0.3 is 39.6 Å². The van der Waals surface area contributed by atoms with Gasteiger partial charge in [-0.05, 0) is 108 Å². The van der Waals surface area contributed by atoms with E-state index in [9.17, 15) is 62.7 Å². The molecule has 15 aromatic rings. The molecule has 0 aliphatic carbocycles. The van der Waals surface area contributed by atoms with Crippen LogP contribution in [0.4, 0.5) is 48.3 Å². The molecule has 0 fully saturated rings. The van der Waals surface area contributed by atoms with Crippen molar-refractivity contribution < 1.29 is 162 Å². The van der Waals surface area contributed by atoms with Gasteiger partial charge in [-0.25, -0.2) is 9.78 Å². The van der Waals surface area contributed by atoms with Crippen LogP contribution in [0.2, 0.25) is 0 Å². The van der Waals surface area contributed by atoms with Crippen molar-refractivity contribution in [1.29, 1.82) is 0 Å². The SMILES string of the molecule is CC(C)(C)C(=O)CC(=O)C(C)(C)C.COc1ccnc(-c2[c-]cc(F)cc2F)c1.COc1ccnc(-c2[c-]cc(F)cc2F)c1.Cc1ccnc(-c2[c-]cccc2)c1.Fc1c[c-]c(-[n+]2ccc[n-]2)c(F)c1.Fc1c[c-]c(-n2cccn2)c(F)c1.Fc1c[c-]c(-n2cccn2)c(F)c1.Fc1ccc[c-]c1-c1ccccn1.O=C(O)c1ccccn1.[Ir].[Ir].[Ir].[Ir]. The van der Waals surface area contributed by atoms with Crippen molar-refractivity contribution in [3.05, 3.63) is 380 Å². The van der Waals surface area contributed by atoms with Crippen LogP contribution in [0, 0.1) is 124 Å². The number of aromatic nitrogens is 11. The smallest absolute Gasteiger partial charge is 0.354 e. The molecule has 0 bridgehead atoms. The van der Waals surface area contributed by atoms with E-state index in [2.05, 4.69) is 95.7 Å². The van der Waals surface area contributed by atoms with Crippen molar-refractivity contribution in [1.82, 2.24) is 49.6 Å². The van der Waals surface area contributed by atoms with Crippen molar-refractivity contribution in [3.8, 4) is 73.6 Å². The number of carbonyl (C=O) groups excluding carboxylic acids is 2. The average Bonchev–Trinajstić information content (AvgIpc) is 1.72. The summed E-state index contributed by atoms with van der Waals surface area (Å²) >= 11 is 0. The second-order valence-corrected chi connectivity index (χ2v) is 26.3. The van der Waals surface area contributed by atoms with E-state index in [4.69, 9.17) is 14.6 Å². The summed E-state index contributed by atoms with van der Waals surface area (Å²) in [5, 5.41) is 19.7. The molecule has 123 heavy (non-hydrogen) atoms. The number of hydrogen-bond donors (Lipinski definition) is 1. The number of aryl methyl sites for hydroxylation is 1. The summed E-state index contributed by atoms with van der Waals surface area (Å²) in [7, 11) is 3.01. The largest absolute Gasteiger partial charge is 0.497 e. The maximum atomic E-state index is 13.4. The number of rotatable bonds is 12. The quantitative estimate of drug-likeness (QED) is 0.0522. The number of carboxylic acids is 1. The van der Waals surface area contributed by atoms with Gasteiger partial charge in [0.05, 0.1) is 26.5 Å². The van der Waals surface area contributed by atoms with Crippen molar-refractivity contribution in [2.24, 2.45) is 10.8 Å². The Labute approximate surface area is 757 Å². The van der Waals surface area contributed by atoms with Crippen molar-refractivity contribution in [2.45, 2.75) is 54.9 Å². The minimum absolute atomic E-state index is 0. The van der Waals surface area contributed by atoms with E-state index < -0.39 is 75.0 Å². The zero-order chi connectivity index (χ0) is 86.6. The first-order valence-electron chi connectivity index (χ1n) is 35.3. The fourth-order valence-electron chi connectivity index (χ4n) is 9.20. The Balaban J connectivity index is 0.000000357. The second kappa shape index (κ2) is 53.1. The molecule has 4 radical (unpaired) electrons. The number of halogens is 11. The number of carboxylic acid groups (broad SMARTS) is 1. The Hall–Kier alpha value is -11.8. The number of hydrogen-bond acceptors (Lipinski definition) is 12. The third-order valence-corrected chi connectivity index (χ3v) is 15.4. The van der Waals surface area contributed by atoms with Crippen LogP contribution >= 0.6 is 0 Å². The fraction of sp³-hybridized carbons (Fsp3) is 0.132. The van der Waals surface area contributed by atoms with E-state index in [-0.39, 0.29) is 138 Å². The zero-order valence-corrected chi connectivity index (χ0v) is 76.0. The predicted molar refractivity (Wildman–Crippen MR) is 421 cm³/mol. The molecular formula is C91H73F11Ir4N11O6-7. The van der Waals surface area contributed by atoms with Crippen LogP contribution < -0.4 is 19.3 Å². The normalized spacial score (nSPS) is 10.0. The molecule has 0 amide bonds. The summed E-state index contributed by atoms with van der Waals surface area (Å²) in [5.74, 6) is -6.80. The van der Waals surface area contributed by atoms with Gasteiger partial charge in [-0.2, -0.15) is 22.3 Å². The summed E-state index contributed by atoms with van der Waals surface area (Å²) in [6, 6.07) is 65.8. The van der Waals surface area contributed by atoms with Crippen LogP contribution in [0.25, 0.3) is 62.1 Å². The first-order chi connectivity index (χ1) is 56.8. The number of pyridine rings is 5. The van der Waals surface area contributed by atoms with Gasteiger partial charge in [0, 0.05) is 205 Å². The van der Waals surface area contributed by atoms with Gasteiger partial charge in [0.25, 0.3) is 0 Å². The number of methoxy groups -OCH3 is 2. The molecule has 15 rings (SSSR count). The van der Waals surface area contributed by atoms with E-state index in [1.807, 2.05) is 84.1 Å². The summed E-state index contributed by atoms with van der Waals surface area (Å²) in [5.41, 5.74) is 4.88. The van der Waals surface area contributed by atoms with E-state index in [1.165, 1.54) is 83.1 Å². The molecule has 1 N–H and O–H groups in total. The molecule has 0 unspecified atom stereocenters. The topological polar surface area (TPSA) is 208 Å². The zero-order valence-electron chi connectivity index (χ0n) is 66.4. The summed E-state index contributed by atoms with van der Waals surface area (Å²) in [6.07, 6.45) is 17.2. The number of carbonyl (C=O) groups is 3. The van der Waals surface area contributed by atoms with Crippen molar-refractivity contribution >= 4 is 17.5 Å². The molecule has 0 saturated heterocycles. The Kier molecular flexibility index (Phi) is 45.5. The molecule has 0 aliphatic heterocycles. The average molecular weight is 2390 g/mol. The van der Waals surface area contributed by atoms with Gasteiger partial charge >= 0.3 is 5.97 Å².